The lowest BCUT2D eigenvalue weighted by Gasteiger charge is -2.31. The third kappa shape index (κ3) is 3.09. The molecule has 1 spiro atoms. The molecule has 5 rings (SSSR count). The smallest absolute Gasteiger partial charge is 0.303 e. The van der Waals surface area contributed by atoms with E-state index >= 15 is 0 Å². The van der Waals surface area contributed by atoms with Crippen LogP contribution in [0.4, 0.5) is 5.69 Å². The fourth-order valence-electron chi connectivity index (χ4n) is 5.81. The van der Waals surface area contributed by atoms with Crippen molar-refractivity contribution in [3.05, 3.63) is 64.2 Å². The number of carboxylic acids is 1. The van der Waals surface area contributed by atoms with Crippen molar-refractivity contribution in [1.82, 2.24) is 10.2 Å². The minimum absolute atomic E-state index is 0.104. The molecule has 2 aromatic rings. The van der Waals surface area contributed by atoms with Crippen LogP contribution in [0.2, 0.25) is 5.02 Å². The highest BCUT2D eigenvalue weighted by Crippen LogP contribution is 2.55. The van der Waals surface area contributed by atoms with Crippen LogP contribution in [0.5, 0.6) is 0 Å². The first kappa shape index (κ1) is 22.6. The van der Waals surface area contributed by atoms with E-state index in [0.29, 0.717) is 16.3 Å². The number of halogens is 1. The highest BCUT2D eigenvalue weighted by Gasteiger charge is 2.71. The summed E-state index contributed by atoms with van der Waals surface area (Å²) in [7, 11) is 0. The maximum atomic E-state index is 13.9. The van der Waals surface area contributed by atoms with Gasteiger partial charge < -0.3 is 10.4 Å². The van der Waals surface area contributed by atoms with Crippen molar-refractivity contribution in [2.45, 2.75) is 44.3 Å². The first-order chi connectivity index (χ1) is 16.2. The zero-order chi connectivity index (χ0) is 24.4. The number of fused-ring (bicyclic) bond motifs is 4. The Balaban J connectivity index is 1.64. The number of carbonyl (C=O) groups excluding carboxylic acids is 3. The Morgan fingerprint density at radius 1 is 1.18 bits per heavy atom. The number of likely N-dealkylation sites (tertiary alicyclic amines) is 1. The van der Waals surface area contributed by atoms with Gasteiger partial charge in [0.1, 0.15) is 5.54 Å². The number of aliphatic carboxylic acids is 1. The molecule has 8 nitrogen and oxygen atoms in total. The van der Waals surface area contributed by atoms with Gasteiger partial charge in [-0.2, -0.15) is 0 Å². The zero-order valence-electron chi connectivity index (χ0n) is 18.7. The number of anilines is 1. The molecule has 3 heterocycles. The molecule has 3 amide bonds. The molecule has 34 heavy (non-hydrogen) atoms. The number of carbonyl (C=O) groups is 4. The van der Waals surface area contributed by atoms with E-state index < -0.39 is 53.1 Å². The number of carboxylic acid groups (broad SMARTS) is 1. The highest BCUT2D eigenvalue weighted by atomic mass is 35.5. The maximum absolute atomic E-state index is 13.9. The van der Waals surface area contributed by atoms with E-state index in [9.17, 15) is 24.3 Å². The van der Waals surface area contributed by atoms with Crippen LogP contribution in [0, 0.1) is 18.8 Å². The molecule has 3 aliphatic heterocycles. The van der Waals surface area contributed by atoms with Crippen molar-refractivity contribution < 1.29 is 24.3 Å². The van der Waals surface area contributed by atoms with Gasteiger partial charge in [-0.05, 0) is 37.5 Å². The van der Waals surface area contributed by atoms with Crippen LogP contribution in [0.1, 0.15) is 42.5 Å². The minimum atomic E-state index is -1.50. The molecule has 0 aliphatic carbocycles. The molecule has 5 atom stereocenters. The Bertz CT molecular complexity index is 1230. The molecular weight excluding hydrogens is 458 g/mol. The summed E-state index contributed by atoms with van der Waals surface area (Å²) in [6.07, 6.45) is -0.0945. The van der Waals surface area contributed by atoms with Crippen molar-refractivity contribution >= 4 is 41.0 Å². The Kier molecular flexibility index (Phi) is 5.26. The van der Waals surface area contributed by atoms with Crippen LogP contribution in [0.3, 0.4) is 0 Å². The molecule has 0 aromatic heterocycles. The van der Waals surface area contributed by atoms with Gasteiger partial charge in [0.15, 0.2) is 0 Å². The predicted molar refractivity (Wildman–Crippen MR) is 124 cm³/mol. The van der Waals surface area contributed by atoms with Crippen LogP contribution in [0.15, 0.2) is 42.5 Å². The summed E-state index contributed by atoms with van der Waals surface area (Å²) in [5.74, 6) is -4.19. The number of hydrogen-bond acceptors (Lipinski definition) is 5. The molecular formula is C25H24ClN3O5. The molecule has 3 N–H and O–H groups in total. The third-order valence-electron chi connectivity index (χ3n) is 7.29. The Morgan fingerprint density at radius 3 is 2.56 bits per heavy atom. The SMILES string of the molecule is Cc1cc(Cl)c2c(c1)C1(NC(CCC(=O)O)[C@H]3C(=O)N([C@H](C)c4ccccc4)C(=O)[C@H]31)C(=O)N2. The van der Waals surface area contributed by atoms with E-state index in [-0.39, 0.29) is 12.8 Å². The van der Waals surface area contributed by atoms with Crippen molar-refractivity contribution in [2.75, 3.05) is 5.32 Å². The van der Waals surface area contributed by atoms with Gasteiger partial charge in [-0.15, -0.1) is 0 Å². The van der Waals surface area contributed by atoms with Crippen LogP contribution < -0.4 is 10.6 Å². The van der Waals surface area contributed by atoms with Crippen LogP contribution >= 0.6 is 11.6 Å². The zero-order valence-corrected chi connectivity index (χ0v) is 19.4. The summed E-state index contributed by atoms with van der Waals surface area (Å²) in [5, 5.41) is 15.7. The second-order valence-electron chi connectivity index (χ2n) is 9.25. The van der Waals surface area contributed by atoms with E-state index in [1.165, 1.54) is 4.90 Å². The van der Waals surface area contributed by atoms with E-state index in [1.54, 1.807) is 19.1 Å². The van der Waals surface area contributed by atoms with E-state index in [1.807, 2.05) is 37.3 Å². The van der Waals surface area contributed by atoms with Gasteiger partial charge in [-0.3, -0.25) is 29.4 Å². The van der Waals surface area contributed by atoms with Crippen molar-refractivity contribution in [3.8, 4) is 0 Å². The second kappa shape index (κ2) is 7.92. The van der Waals surface area contributed by atoms with Crippen LogP contribution in [-0.2, 0) is 24.7 Å². The maximum Gasteiger partial charge on any atom is 0.303 e. The number of nitrogens with zero attached hydrogens (tertiary/aromatic N) is 1. The summed E-state index contributed by atoms with van der Waals surface area (Å²) in [6.45, 7) is 3.62. The normalized spacial score (nSPS) is 28.3. The summed E-state index contributed by atoms with van der Waals surface area (Å²) in [4.78, 5) is 53.7. The molecule has 0 bridgehead atoms. The van der Waals surface area contributed by atoms with Gasteiger partial charge in [0, 0.05) is 18.0 Å². The first-order valence-corrected chi connectivity index (χ1v) is 11.6. The summed E-state index contributed by atoms with van der Waals surface area (Å²) < 4.78 is 0. The average molecular weight is 482 g/mol. The Hall–Kier alpha value is -3.23. The number of amides is 3. The number of nitrogens with one attached hydrogen (secondary N) is 2. The fraction of sp³-hybridized carbons (Fsp3) is 0.360. The molecule has 2 saturated heterocycles. The van der Waals surface area contributed by atoms with E-state index in [2.05, 4.69) is 10.6 Å². The predicted octanol–water partition coefficient (Wildman–Crippen LogP) is 2.99. The average Bonchev–Trinajstić information content (AvgIpc) is 3.38. The molecule has 3 aliphatic rings. The van der Waals surface area contributed by atoms with E-state index in [0.717, 1.165) is 11.1 Å². The van der Waals surface area contributed by atoms with Gasteiger partial charge in [-0.1, -0.05) is 48.0 Å². The van der Waals surface area contributed by atoms with Gasteiger partial charge in [0.25, 0.3) is 0 Å². The molecule has 2 unspecified atom stereocenters. The first-order valence-electron chi connectivity index (χ1n) is 11.2. The highest BCUT2D eigenvalue weighted by molar-refractivity contribution is 6.35. The van der Waals surface area contributed by atoms with Gasteiger partial charge in [0.05, 0.1) is 28.6 Å². The minimum Gasteiger partial charge on any atom is -0.481 e. The lowest BCUT2D eigenvalue weighted by Crippen LogP contribution is -2.53. The molecule has 9 heteroatoms. The number of hydrogen-bond donors (Lipinski definition) is 3. The van der Waals surface area contributed by atoms with Gasteiger partial charge in [0.2, 0.25) is 17.7 Å². The van der Waals surface area contributed by atoms with E-state index in [4.69, 9.17) is 11.6 Å². The third-order valence-corrected chi connectivity index (χ3v) is 7.59. The summed E-state index contributed by atoms with van der Waals surface area (Å²) in [5.41, 5.74) is 1.03. The Labute approximate surface area is 201 Å². The van der Waals surface area contributed by atoms with Crippen molar-refractivity contribution in [1.29, 1.82) is 0 Å². The molecule has 2 fully saturated rings. The van der Waals surface area contributed by atoms with Crippen molar-refractivity contribution in [2.24, 2.45) is 11.8 Å². The quantitative estimate of drug-likeness (QED) is 0.565. The molecule has 0 radical (unpaired) electrons. The summed E-state index contributed by atoms with van der Waals surface area (Å²) in [6, 6.07) is 11.5. The fourth-order valence-corrected chi connectivity index (χ4v) is 6.13. The second-order valence-corrected chi connectivity index (χ2v) is 9.66. The lowest BCUT2D eigenvalue weighted by molar-refractivity contribution is -0.145. The molecule has 2 aromatic carbocycles. The largest absolute Gasteiger partial charge is 0.481 e. The number of benzene rings is 2. The number of imide groups is 1. The topological polar surface area (TPSA) is 116 Å². The molecule has 0 saturated carbocycles. The lowest BCUT2D eigenvalue weighted by atomic mass is 9.76. The van der Waals surface area contributed by atoms with Gasteiger partial charge >= 0.3 is 5.97 Å². The monoisotopic (exact) mass is 481 g/mol. The van der Waals surface area contributed by atoms with Crippen LogP contribution in [0.25, 0.3) is 0 Å². The number of aryl methyl sites for hydroxylation is 1. The van der Waals surface area contributed by atoms with Gasteiger partial charge in [-0.25, -0.2) is 0 Å². The summed E-state index contributed by atoms with van der Waals surface area (Å²) >= 11 is 6.43. The molecule has 176 valence electrons. The number of rotatable bonds is 5. The Morgan fingerprint density at radius 2 is 1.88 bits per heavy atom. The van der Waals surface area contributed by atoms with Crippen molar-refractivity contribution in [3.63, 3.8) is 0 Å². The standard InChI is InChI=1S/C25H24ClN3O5/c1-12-10-15-21(16(26)11-12)27-24(34)25(15)20-19(17(28-25)8-9-18(30)31)22(32)29(23(20)33)13(2)14-6-4-3-5-7-14/h3-7,10-11,13,17,19-20,28H,8-9H2,1-2H3,(H,27,34)(H,30,31)/t13-,17?,19-,20+,25?/m1/s1. The van der Waals surface area contributed by atoms with Crippen LogP contribution in [-0.4, -0.2) is 39.7 Å².